The molecule has 0 aliphatic carbocycles. The van der Waals surface area contributed by atoms with Crippen LogP contribution < -0.4 is 4.31 Å². The van der Waals surface area contributed by atoms with Gasteiger partial charge >= 0.3 is 0 Å². The Kier molecular flexibility index (Phi) is 4.97. The number of H-pyrrole nitrogens is 1. The van der Waals surface area contributed by atoms with E-state index in [1.165, 1.54) is 19.2 Å². The molecule has 0 saturated carbocycles. The highest BCUT2D eigenvalue weighted by molar-refractivity contribution is 7.93. The molecular weight excluding hydrogens is 376 g/mol. The van der Waals surface area contributed by atoms with Gasteiger partial charge in [-0.05, 0) is 30.7 Å². The van der Waals surface area contributed by atoms with Crippen LogP contribution in [-0.2, 0) is 10.0 Å². The monoisotopic (exact) mass is 393 g/mol. The lowest BCUT2D eigenvalue weighted by atomic mass is 10.2. The summed E-state index contributed by atoms with van der Waals surface area (Å²) in [6.07, 6.45) is 1.58. The van der Waals surface area contributed by atoms with Gasteiger partial charge in [0.15, 0.2) is 11.6 Å². The van der Waals surface area contributed by atoms with Crippen molar-refractivity contribution in [2.75, 3.05) is 10.1 Å². The molecular formula is C18H17F2N3O3S. The van der Waals surface area contributed by atoms with Crippen molar-refractivity contribution in [3.63, 3.8) is 0 Å². The van der Waals surface area contributed by atoms with E-state index in [0.717, 1.165) is 16.4 Å². The molecule has 2 heterocycles. The van der Waals surface area contributed by atoms with E-state index in [4.69, 9.17) is 0 Å². The smallest absolute Gasteiger partial charge is 0.239 e. The Balaban J connectivity index is 2.21. The van der Waals surface area contributed by atoms with Crippen molar-refractivity contribution < 1.29 is 22.0 Å². The lowest BCUT2D eigenvalue weighted by molar-refractivity contribution is 0.101. The molecule has 0 spiro atoms. The van der Waals surface area contributed by atoms with Crippen LogP contribution in [0.25, 0.3) is 11.0 Å². The highest BCUT2D eigenvalue weighted by Crippen LogP contribution is 2.33. The number of nitrogens with zero attached hydrogens (tertiary/aromatic N) is 2. The van der Waals surface area contributed by atoms with E-state index in [1.807, 2.05) is 0 Å². The number of carbonyl (C=O) groups is 1. The lowest BCUT2D eigenvalue weighted by Gasteiger charge is -2.24. The summed E-state index contributed by atoms with van der Waals surface area (Å²) in [5, 5.41) is 0.497. The van der Waals surface area contributed by atoms with Gasteiger partial charge in [-0.1, -0.05) is 6.92 Å². The zero-order chi connectivity index (χ0) is 19.8. The number of fused-ring (bicyclic) bond motifs is 1. The van der Waals surface area contributed by atoms with E-state index >= 15 is 0 Å². The maximum atomic E-state index is 14.4. The predicted molar refractivity (Wildman–Crippen MR) is 98.7 cm³/mol. The topological polar surface area (TPSA) is 83.1 Å². The van der Waals surface area contributed by atoms with E-state index in [0.29, 0.717) is 29.2 Å². The van der Waals surface area contributed by atoms with Crippen molar-refractivity contribution in [2.24, 2.45) is 0 Å². The molecule has 0 fully saturated rings. The summed E-state index contributed by atoms with van der Waals surface area (Å²) in [5.74, 6) is -2.24. The first-order valence-corrected chi connectivity index (χ1v) is 9.81. The minimum Gasteiger partial charge on any atom is -0.337 e. The number of anilines is 2. The van der Waals surface area contributed by atoms with E-state index in [2.05, 4.69) is 9.97 Å². The fraction of sp³-hybridized carbons (Fsp3) is 0.222. The molecule has 0 atom stereocenters. The zero-order valence-electron chi connectivity index (χ0n) is 14.7. The quantitative estimate of drug-likeness (QED) is 0.644. The summed E-state index contributed by atoms with van der Waals surface area (Å²) in [5.41, 5.74) is 0.519. The summed E-state index contributed by atoms with van der Waals surface area (Å²) in [6.45, 7) is 3.07. The molecule has 0 saturated heterocycles. The van der Waals surface area contributed by atoms with Crippen molar-refractivity contribution in [1.82, 2.24) is 9.97 Å². The average molecular weight is 393 g/mol. The number of ketones is 1. The van der Waals surface area contributed by atoms with Gasteiger partial charge in [0.1, 0.15) is 11.5 Å². The summed E-state index contributed by atoms with van der Waals surface area (Å²) in [6, 6.07) is 5.71. The van der Waals surface area contributed by atoms with Crippen LogP contribution in [0, 0.1) is 11.6 Å². The third-order valence-corrected chi connectivity index (χ3v) is 5.83. The Bertz CT molecular complexity index is 1130. The first-order valence-electron chi connectivity index (χ1n) is 8.20. The molecule has 27 heavy (non-hydrogen) atoms. The number of benzene rings is 1. The van der Waals surface area contributed by atoms with Crippen molar-refractivity contribution in [3.8, 4) is 0 Å². The van der Waals surface area contributed by atoms with Gasteiger partial charge in [-0.3, -0.25) is 4.79 Å². The summed E-state index contributed by atoms with van der Waals surface area (Å²) >= 11 is 0. The van der Waals surface area contributed by atoms with E-state index in [1.54, 1.807) is 13.0 Å². The first-order chi connectivity index (χ1) is 12.7. The molecule has 0 bridgehead atoms. The van der Waals surface area contributed by atoms with Crippen LogP contribution in [0.5, 0.6) is 0 Å². The van der Waals surface area contributed by atoms with Crippen LogP contribution in [0.15, 0.2) is 36.5 Å². The molecule has 0 amide bonds. The second-order valence-electron chi connectivity index (χ2n) is 6.05. The number of rotatable bonds is 6. The van der Waals surface area contributed by atoms with Crippen molar-refractivity contribution in [2.45, 2.75) is 20.3 Å². The van der Waals surface area contributed by atoms with Crippen LogP contribution in [0.3, 0.4) is 0 Å². The Hall–Kier alpha value is -2.81. The van der Waals surface area contributed by atoms with Gasteiger partial charge in [0.2, 0.25) is 10.0 Å². The molecule has 6 nitrogen and oxygen atoms in total. The highest BCUT2D eigenvalue weighted by Gasteiger charge is 2.27. The summed E-state index contributed by atoms with van der Waals surface area (Å²) in [7, 11) is -3.94. The largest absolute Gasteiger partial charge is 0.337 e. The molecule has 1 N–H and O–H groups in total. The van der Waals surface area contributed by atoms with Crippen molar-refractivity contribution >= 4 is 38.2 Å². The molecule has 0 unspecified atom stereocenters. The van der Waals surface area contributed by atoms with Gasteiger partial charge in [-0.25, -0.2) is 26.5 Å². The SMILES string of the molecule is CCCS(=O)(=O)N(c1cnc2[nH]c(C(C)=O)cc2c1)c1ccc(F)cc1F. The van der Waals surface area contributed by atoms with Crippen LogP contribution in [0.2, 0.25) is 0 Å². The average Bonchev–Trinajstić information content (AvgIpc) is 3.00. The Morgan fingerprint density at radius 2 is 1.96 bits per heavy atom. The van der Waals surface area contributed by atoms with Crippen molar-refractivity contribution in [3.05, 3.63) is 53.9 Å². The van der Waals surface area contributed by atoms with E-state index in [-0.39, 0.29) is 22.9 Å². The minimum atomic E-state index is -3.94. The number of hydrogen-bond acceptors (Lipinski definition) is 4. The fourth-order valence-corrected chi connectivity index (χ4v) is 4.32. The number of Topliss-reactive ketones (excluding diaryl/α,β-unsaturated/α-hetero) is 1. The van der Waals surface area contributed by atoms with E-state index < -0.39 is 21.7 Å². The van der Waals surface area contributed by atoms with E-state index in [9.17, 15) is 22.0 Å². The summed E-state index contributed by atoms with van der Waals surface area (Å²) in [4.78, 5) is 18.5. The van der Waals surface area contributed by atoms with Crippen LogP contribution in [0.1, 0.15) is 30.8 Å². The molecule has 3 aromatic rings. The van der Waals surface area contributed by atoms with Crippen LogP contribution >= 0.6 is 0 Å². The first kappa shape index (κ1) is 19.0. The molecule has 9 heteroatoms. The number of aromatic amines is 1. The Morgan fingerprint density at radius 3 is 2.59 bits per heavy atom. The van der Waals surface area contributed by atoms with Gasteiger partial charge in [0, 0.05) is 18.4 Å². The maximum absolute atomic E-state index is 14.4. The summed E-state index contributed by atoms with van der Waals surface area (Å²) < 4.78 is 54.1. The number of carbonyl (C=O) groups excluding carboxylic acids is 1. The van der Waals surface area contributed by atoms with Gasteiger partial charge in [0.05, 0.1) is 29.0 Å². The number of aromatic nitrogens is 2. The Morgan fingerprint density at radius 1 is 1.22 bits per heavy atom. The molecule has 3 rings (SSSR count). The number of sulfonamides is 1. The normalized spacial score (nSPS) is 11.7. The fourth-order valence-electron chi connectivity index (χ4n) is 2.75. The zero-order valence-corrected chi connectivity index (χ0v) is 15.5. The highest BCUT2D eigenvalue weighted by atomic mass is 32.2. The number of pyridine rings is 1. The third-order valence-electron chi connectivity index (χ3n) is 3.94. The minimum absolute atomic E-state index is 0.0931. The van der Waals surface area contributed by atoms with Crippen LogP contribution in [-0.4, -0.2) is 29.9 Å². The number of halogens is 2. The molecule has 2 aromatic heterocycles. The van der Waals surface area contributed by atoms with Gasteiger partial charge in [-0.15, -0.1) is 0 Å². The number of nitrogens with one attached hydrogen (secondary N) is 1. The molecule has 0 aliphatic heterocycles. The maximum Gasteiger partial charge on any atom is 0.239 e. The second kappa shape index (κ2) is 7.07. The standard InChI is InChI=1S/C18H17F2N3O3S/c1-3-6-27(25,26)23(17-5-4-13(19)9-15(17)20)14-7-12-8-16(11(2)24)22-18(12)21-10-14/h4-5,7-10H,3,6H2,1-2H3,(H,21,22). The van der Waals surface area contributed by atoms with Gasteiger partial charge < -0.3 is 4.98 Å². The third kappa shape index (κ3) is 3.68. The molecule has 0 radical (unpaired) electrons. The molecule has 0 aliphatic rings. The Labute approximate surface area is 154 Å². The molecule has 1 aromatic carbocycles. The van der Waals surface area contributed by atoms with Crippen molar-refractivity contribution in [1.29, 1.82) is 0 Å². The van der Waals surface area contributed by atoms with Gasteiger partial charge in [0.25, 0.3) is 0 Å². The molecule has 142 valence electrons. The lowest BCUT2D eigenvalue weighted by Crippen LogP contribution is -2.29. The van der Waals surface area contributed by atoms with Crippen LogP contribution in [0.4, 0.5) is 20.2 Å². The second-order valence-corrected chi connectivity index (χ2v) is 7.98. The van der Waals surface area contributed by atoms with Gasteiger partial charge in [-0.2, -0.15) is 0 Å². The number of hydrogen-bond donors (Lipinski definition) is 1. The predicted octanol–water partition coefficient (Wildman–Crippen LogP) is 3.92.